The molecule has 2 nitrogen and oxygen atoms in total. The lowest BCUT2D eigenvalue weighted by atomic mass is 9.77. The summed E-state index contributed by atoms with van der Waals surface area (Å²) in [6.07, 6.45) is -3.81. The Bertz CT molecular complexity index is 235. The zero-order chi connectivity index (χ0) is 12.1. The van der Waals surface area contributed by atoms with Gasteiger partial charge in [-0.3, -0.25) is 4.79 Å². The number of Topliss-reactive ketones (excluding diaryl/α,β-unsaturated/α-hetero) is 1. The van der Waals surface area contributed by atoms with Gasteiger partial charge in [0.05, 0.1) is 5.41 Å². The first-order valence-corrected chi connectivity index (χ1v) is 4.92. The van der Waals surface area contributed by atoms with Crippen LogP contribution in [0.2, 0.25) is 0 Å². The molecule has 0 saturated heterocycles. The molecule has 0 heterocycles. The zero-order valence-corrected chi connectivity index (χ0v) is 8.86. The summed E-state index contributed by atoms with van der Waals surface area (Å²) >= 11 is 0. The van der Waals surface area contributed by atoms with Crippen molar-refractivity contribution in [3.05, 3.63) is 0 Å². The van der Waals surface area contributed by atoms with Gasteiger partial charge in [0.25, 0.3) is 0 Å². The van der Waals surface area contributed by atoms with E-state index in [4.69, 9.17) is 0 Å². The van der Waals surface area contributed by atoms with Gasteiger partial charge in [-0.2, -0.15) is 13.2 Å². The third-order valence-electron chi connectivity index (χ3n) is 2.54. The zero-order valence-electron chi connectivity index (χ0n) is 8.86. The minimum Gasteiger partial charge on any atom is -0.302 e. The molecule has 0 rings (SSSR count). The van der Waals surface area contributed by atoms with Crippen LogP contribution >= 0.6 is 0 Å². The Morgan fingerprint density at radius 1 is 1.27 bits per heavy atom. The summed E-state index contributed by atoms with van der Waals surface area (Å²) in [7, 11) is 0. The number of halogens is 3. The fraction of sp³-hybridized carbons (Fsp3) is 0.800. The van der Waals surface area contributed by atoms with E-state index in [1.165, 1.54) is 6.92 Å². The second-order valence-electron chi connectivity index (χ2n) is 3.56. The van der Waals surface area contributed by atoms with Gasteiger partial charge in [0.2, 0.25) is 5.78 Å². The van der Waals surface area contributed by atoms with Crippen LogP contribution in [0.3, 0.4) is 0 Å². The predicted octanol–water partition coefficient (Wildman–Crippen LogP) is 2.90. The highest BCUT2D eigenvalue weighted by Gasteiger charge is 2.51. The van der Waals surface area contributed by atoms with Crippen molar-refractivity contribution in [1.29, 1.82) is 0 Å². The average molecular weight is 224 g/mol. The largest absolute Gasteiger partial charge is 0.451 e. The Balaban J connectivity index is 4.92. The lowest BCUT2D eigenvalue weighted by Crippen LogP contribution is -2.41. The van der Waals surface area contributed by atoms with Gasteiger partial charge < -0.3 is 4.79 Å². The van der Waals surface area contributed by atoms with E-state index in [-0.39, 0.29) is 19.1 Å². The van der Waals surface area contributed by atoms with Crippen LogP contribution in [0, 0.1) is 5.41 Å². The van der Waals surface area contributed by atoms with E-state index in [0.29, 0.717) is 12.8 Å². The summed E-state index contributed by atoms with van der Waals surface area (Å²) < 4.78 is 36.7. The minimum atomic E-state index is -4.93. The highest BCUT2D eigenvalue weighted by atomic mass is 19.4. The Labute approximate surface area is 86.8 Å². The Kier molecular flexibility index (Phi) is 4.97. The van der Waals surface area contributed by atoms with Gasteiger partial charge in [0.1, 0.15) is 6.29 Å². The Hall–Kier alpha value is -0.870. The van der Waals surface area contributed by atoms with E-state index in [2.05, 4.69) is 0 Å². The number of unbranched alkanes of at least 4 members (excludes halogenated alkanes) is 1. The van der Waals surface area contributed by atoms with E-state index >= 15 is 0 Å². The van der Waals surface area contributed by atoms with E-state index in [9.17, 15) is 22.8 Å². The van der Waals surface area contributed by atoms with Crippen molar-refractivity contribution in [3.63, 3.8) is 0 Å². The maximum absolute atomic E-state index is 12.2. The van der Waals surface area contributed by atoms with Crippen molar-refractivity contribution in [3.8, 4) is 0 Å². The molecule has 5 heteroatoms. The molecule has 0 aliphatic heterocycles. The van der Waals surface area contributed by atoms with Crippen LogP contribution in [0.1, 0.15) is 39.5 Å². The number of aldehydes is 1. The van der Waals surface area contributed by atoms with Crippen LogP contribution < -0.4 is 0 Å². The summed E-state index contributed by atoms with van der Waals surface area (Å²) in [5.74, 6) is -1.92. The number of ketones is 1. The molecule has 1 unspecified atom stereocenters. The summed E-state index contributed by atoms with van der Waals surface area (Å²) in [6, 6.07) is 0. The van der Waals surface area contributed by atoms with Crippen molar-refractivity contribution < 1.29 is 22.8 Å². The first-order valence-electron chi connectivity index (χ1n) is 4.92. The number of hydrogen-bond donors (Lipinski definition) is 0. The summed E-state index contributed by atoms with van der Waals surface area (Å²) in [4.78, 5) is 21.8. The van der Waals surface area contributed by atoms with Crippen LogP contribution in [-0.4, -0.2) is 18.2 Å². The van der Waals surface area contributed by atoms with Gasteiger partial charge in [-0.1, -0.05) is 26.7 Å². The normalized spacial score (nSPS) is 15.8. The molecule has 0 aromatic rings. The van der Waals surface area contributed by atoms with Crippen molar-refractivity contribution in [2.75, 3.05) is 0 Å². The molecule has 88 valence electrons. The van der Waals surface area contributed by atoms with Crippen LogP contribution in [0.15, 0.2) is 0 Å². The third-order valence-corrected chi connectivity index (χ3v) is 2.54. The van der Waals surface area contributed by atoms with Crippen molar-refractivity contribution >= 4 is 12.1 Å². The molecule has 0 radical (unpaired) electrons. The SMILES string of the molecule is CCCCC(C=O)(CC)C(=O)C(F)(F)F. The molecular weight excluding hydrogens is 209 g/mol. The molecule has 15 heavy (non-hydrogen) atoms. The number of carbonyl (C=O) groups is 2. The lowest BCUT2D eigenvalue weighted by molar-refractivity contribution is -0.182. The van der Waals surface area contributed by atoms with Gasteiger partial charge in [0, 0.05) is 0 Å². The third kappa shape index (κ3) is 3.32. The van der Waals surface area contributed by atoms with E-state index in [1.807, 2.05) is 0 Å². The topological polar surface area (TPSA) is 34.1 Å². The van der Waals surface area contributed by atoms with Gasteiger partial charge in [-0.25, -0.2) is 0 Å². The lowest BCUT2D eigenvalue weighted by Gasteiger charge is -2.25. The summed E-state index contributed by atoms with van der Waals surface area (Å²) in [5, 5.41) is 0. The van der Waals surface area contributed by atoms with E-state index < -0.39 is 17.4 Å². The summed E-state index contributed by atoms with van der Waals surface area (Å²) in [6.45, 7) is 3.22. The molecule has 0 aliphatic carbocycles. The van der Waals surface area contributed by atoms with Crippen molar-refractivity contribution in [2.24, 2.45) is 5.41 Å². The Morgan fingerprint density at radius 3 is 2.07 bits per heavy atom. The van der Waals surface area contributed by atoms with Crippen molar-refractivity contribution in [1.82, 2.24) is 0 Å². The second-order valence-corrected chi connectivity index (χ2v) is 3.56. The van der Waals surface area contributed by atoms with Crippen molar-refractivity contribution in [2.45, 2.75) is 45.7 Å². The molecule has 0 bridgehead atoms. The monoisotopic (exact) mass is 224 g/mol. The molecule has 0 amide bonds. The number of carbonyl (C=O) groups excluding carboxylic acids is 2. The number of alkyl halides is 3. The minimum absolute atomic E-state index is 0.0259. The fourth-order valence-electron chi connectivity index (χ4n) is 1.42. The molecule has 1 atom stereocenters. The highest BCUT2D eigenvalue weighted by Crippen LogP contribution is 2.35. The fourth-order valence-corrected chi connectivity index (χ4v) is 1.42. The van der Waals surface area contributed by atoms with Crippen LogP contribution in [-0.2, 0) is 9.59 Å². The van der Waals surface area contributed by atoms with Gasteiger partial charge in [-0.15, -0.1) is 0 Å². The maximum Gasteiger partial charge on any atom is 0.451 e. The molecule has 0 spiro atoms. The first-order chi connectivity index (χ1) is 6.84. The number of hydrogen-bond acceptors (Lipinski definition) is 2. The predicted molar refractivity (Wildman–Crippen MR) is 49.4 cm³/mol. The van der Waals surface area contributed by atoms with Gasteiger partial charge in [0.15, 0.2) is 0 Å². The van der Waals surface area contributed by atoms with Crippen LogP contribution in [0.4, 0.5) is 13.2 Å². The standard InChI is InChI=1S/C10H15F3O2/c1-3-5-6-9(4-2,7-14)8(15)10(11,12)13/h7H,3-6H2,1-2H3. The highest BCUT2D eigenvalue weighted by molar-refractivity contribution is 6.01. The number of rotatable bonds is 6. The average Bonchev–Trinajstić information content (AvgIpc) is 2.18. The van der Waals surface area contributed by atoms with Gasteiger partial charge >= 0.3 is 6.18 Å². The first kappa shape index (κ1) is 14.1. The smallest absolute Gasteiger partial charge is 0.302 e. The quantitative estimate of drug-likeness (QED) is 0.513. The molecular formula is C10H15F3O2. The molecule has 0 aliphatic rings. The van der Waals surface area contributed by atoms with Crippen LogP contribution in [0.5, 0.6) is 0 Å². The molecule has 0 saturated carbocycles. The van der Waals surface area contributed by atoms with E-state index in [1.54, 1.807) is 6.92 Å². The molecule has 0 fully saturated rings. The van der Waals surface area contributed by atoms with Crippen LogP contribution in [0.25, 0.3) is 0 Å². The maximum atomic E-state index is 12.2. The molecule has 0 N–H and O–H groups in total. The second kappa shape index (κ2) is 5.28. The Morgan fingerprint density at radius 2 is 1.80 bits per heavy atom. The molecule has 0 aromatic heterocycles. The van der Waals surface area contributed by atoms with Gasteiger partial charge in [-0.05, 0) is 12.8 Å². The summed E-state index contributed by atoms with van der Waals surface area (Å²) in [5.41, 5.74) is -1.87. The molecule has 0 aromatic carbocycles. The van der Waals surface area contributed by atoms with E-state index in [0.717, 1.165) is 0 Å².